The Hall–Kier alpha value is -2.85. The lowest BCUT2D eigenvalue weighted by Gasteiger charge is -2.14. The largest absolute Gasteiger partial charge is 0.497 e. The average Bonchev–Trinajstić information content (AvgIpc) is 2.62. The van der Waals surface area contributed by atoms with E-state index in [0.717, 1.165) is 44.6 Å². The van der Waals surface area contributed by atoms with E-state index in [9.17, 15) is 0 Å². The third-order valence-electron chi connectivity index (χ3n) is 4.19. The molecule has 4 rings (SSSR count). The number of anilines is 2. The Morgan fingerprint density at radius 2 is 1.72 bits per heavy atom. The molecule has 0 saturated carbocycles. The molecule has 0 amide bonds. The van der Waals surface area contributed by atoms with Gasteiger partial charge in [0.1, 0.15) is 16.7 Å². The first-order chi connectivity index (χ1) is 12.2. The number of ether oxygens (including phenoxy) is 1. The fraction of sp³-hybridized carbons (Fsp3) is 0.100. The minimum atomic E-state index is 0.483. The molecule has 5 heteroatoms. The Balaban J connectivity index is 1.94. The monoisotopic (exact) mass is 349 g/mol. The van der Waals surface area contributed by atoms with Crippen molar-refractivity contribution in [1.82, 2.24) is 9.97 Å². The number of para-hydroxylation sites is 1. The van der Waals surface area contributed by atoms with Crippen LogP contribution in [0.3, 0.4) is 0 Å². The summed E-state index contributed by atoms with van der Waals surface area (Å²) in [5.41, 5.74) is 2.68. The predicted molar refractivity (Wildman–Crippen MR) is 103 cm³/mol. The van der Waals surface area contributed by atoms with Gasteiger partial charge in [-0.1, -0.05) is 29.8 Å². The second-order valence-electron chi connectivity index (χ2n) is 5.78. The van der Waals surface area contributed by atoms with E-state index in [1.165, 1.54) is 0 Å². The zero-order valence-corrected chi connectivity index (χ0v) is 14.6. The molecule has 2 heterocycles. The maximum atomic E-state index is 6.20. The summed E-state index contributed by atoms with van der Waals surface area (Å²) in [5, 5.41) is 6.96. The second-order valence-corrected chi connectivity index (χ2v) is 6.17. The SMILES string of the molecule is COc1ccc(Nc2nc3ccccc3c3cc(Cl)nc(C)c23)cc1. The van der Waals surface area contributed by atoms with E-state index in [1.54, 1.807) is 7.11 Å². The number of rotatable bonds is 3. The number of hydrogen-bond acceptors (Lipinski definition) is 4. The number of nitrogens with zero attached hydrogens (tertiary/aromatic N) is 2. The number of benzene rings is 2. The fourth-order valence-electron chi connectivity index (χ4n) is 3.02. The molecule has 2 aromatic heterocycles. The zero-order chi connectivity index (χ0) is 17.4. The van der Waals surface area contributed by atoms with Gasteiger partial charge in [0, 0.05) is 16.5 Å². The summed E-state index contributed by atoms with van der Waals surface area (Å²) in [5.74, 6) is 1.58. The van der Waals surface area contributed by atoms with Crippen molar-refractivity contribution in [2.24, 2.45) is 0 Å². The number of aryl methyl sites for hydroxylation is 1. The Kier molecular flexibility index (Phi) is 3.90. The molecule has 1 N–H and O–H groups in total. The first-order valence-electron chi connectivity index (χ1n) is 7.92. The third kappa shape index (κ3) is 2.85. The van der Waals surface area contributed by atoms with Crippen LogP contribution in [0.5, 0.6) is 5.75 Å². The Morgan fingerprint density at radius 3 is 2.48 bits per heavy atom. The van der Waals surface area contributed by atoms with Crippen LogP contribution in [-0.4, -0.2) is 17.1 Å². The number of halogens is 1. The number of hydrogen-bond donors (Lipinski definition) is 1. The molecule has 4 aromatic rings. The molecule has 0 aliphatic rings. The summed E-state index contributed by atoms with van der Waals surface area (Å²) in [6.07, 6.45) is 0. The van der Waals surface area contributed by atoms with Crippen molar-refractivity contribution in [2.45, 2.75) is 6.92 Å². The molecule has 25 heavy (non-hydrogen) atoms. The third-order valence-corrected chi connectivity index (χ3v) is 4.38. The van der Waals surface area contributed by atoms with Crippen LogP contribution in [0, 0.1) is 6.92 Å². The van der Waals surface area contributed by atoms with Crippen molar-refractivity contribution < 1.29 is 4.74 Å². The van der Waals surface area contributed by atoms with Crippen molar-refractivity contribution >= 4 is 44.8 Å². The van der Waals surface area contributed by atoms with Crippen LogP contribution in [0.1, 0.15) is 5.69 Å². The second kappa shape index (κ2) is 6.22. The highest BCUT2D eigenvalue weighted by atomic mass is 35.5. The molecule has 2 aromatic carbocycles. The maximum Gasteiger partial charge on any atom is 0.140 e. The van der Waals surface area contributed by atoms with E-state index in [4.69, 9.17) is 21.3 Å². The zero-order valence-electron chi connectivity index (χ0n) is 13.9. The van der Waals surface area contributed by atoms with Crippen LogP contribution in [0.2, 0.25) is 5.15 Å². The van der Waals surface area contributed by atoms with Crippen LogP contribution in [0.4, 0.5) is 11.5 Å². The van der Waals surface area contributed by atoms with Gasteiger partial charge < -0.3 is 10.1 Å². The van der Waals surface area contributed by atoms with Gasteiger partial charge >= 0.3 is 0 Å². The number of methoxy groups -OCH3 is 1. The molecule has 4 nitrogen and oxygen atoms in total. The predicted octanol–water partition coefficient (Wildman–Crippen LogP) is 5.50. The molecular formula is C20H16ClN3O. The van der Waals surface area contributed by atoms with Gasteiger partial charge in [-0.3, -0.25) is 0 Å². The normalized spacial score (nSPS) is 11.0. The van der Waals surface area contributed by atoms with Gasteiger partial charge in [0.25, 0.3) is 0 Å². The van der Waals surface area contributed by atoms with Crippen LogP contribution in [-0.2, 0) is 0 Å². The summed E-state index contributed by atoms with van der Waals surface area (Å²) in [6.45, 7) is 1.95. The molecule has 0 unspecified atom stereocenters. The van der Waals surface area contributed by atoms with E-state index >= 15 is 0 Å². The van der Waals surface area contributed by atoms with Gasteiger partial charge in [0.2, 0.25) is 0 Å². The van der Waals surface area contributed by atoms with Gasteiger partial charge in [0.15, 0.2) is 0 Å². The molecule has 0 fully saturated rings. The number of pyridine rings is 2. The van der Waals surface area contributed by atoms with Crippen molar-refractivity contribution in [1.29, 1.82) is 0 Å². The Bertz CT molecular complexity index is 1080. The fourth-order valence-corrected chi connectivity index (χ4v) is 3.26. The Labute approximate surface area is 150 Å². The van der Waals surface area contributed by atoms with Gasteiger partial charge in [-0.2, -0.15) is 0 Å². The standard InChI is InChI=1S/C20H16ClN3O/c1-12-19-16(11-18(21)22-12)15-5-3-4-6-17(15)24-20(19)23-13-7-9-14(25-2)10-8-13/h3-11H,1-2H3,(H,23,24). The highest BCUT2D eigenvalue weighted by Gasteiger charge is 2.13. The van der Waals surface area contributed by atoms with E-state index in [0.29, 0.717) is 5.15 Å². The van der Waals surface area contributed by atoms with Gasteiger partial charge in [-0.05, 0) is 48.7 Å². The smallest absolute Gasteiger partial charge is 0.140 e. The lowest BCUT2D eigenvalue weighted by atomic mass is 10.1. The van der Waals surface area contributed by atoms with Gasteiger partial charge in [-0.25, -0.2) is 9.97 Å². The minimum Gasteiger partial charge on any atom is -0.497 e. The first-order valence-corrected chi connectivity index (χ1v) is 8.30. The first kappa shape index (κ1) is 15.7. The summed E-state index contributed by atoms with van der Waals surface area (Å²) in [6, 6.07) is 17.7. The quantitative estimate of drug-likeness (QED) is 0.392. The van der Waals surface area contributed by atoms with Crippen LogP contribution >= 0.6 is 11.6 Å². The summed E-state index contributed by atoms with van der Waals surface area (Å²) >= 11 is 6.20. The molecule has 0 spiro atoms. The summed E-state index contributed by atoms with van der Waals surface area (Å²) < 4.78 is 5.21. The molecule has 0 bridgehead atoms. The molecule has 0 atom stereocenters. The van der Waals surface area contributed by atoms with Crippen molar-refractivity contribution in [3.63, 3.8) is 0 Å². The molecule has 0 radical (unpaired) electrons. The lowest BCUT2D eigenvalue weighted by Crippen LogP contribution is -1.99. The van der Waals surface area contributed by atoms with Crippen molar-refractivity contribution in [2.75, 3.05) is 12.4 Å². The molecule has 0 saturated heterocycles. The number of fused-ring (bicyclic) bond motifs is 3. The van der Waals surface area contributed by atoms with E-state index < -0.39 is 0 Å². The summed E-state index contributed by atoms with van der Waals surface area (Å²) in [4.78, 5) is 9.21. The van der Waals surface area contributed by atoms with Gasteiger partial charge in [-0.15, -0.1) is 0 Å². The Morgan fingerprint density at radius 1 is 0.960 bits per heavy atom. The highest BCUT2D eigenvalue weighted by molar-refractivity contribution is 6.30. The average molecular weight is 350 g/mol. The molecule has 0 aliphatic heterocycles. The van der Waals surface area contributed by atoms with Crippen LogP contribution < -0.4 is 10.1 Å². The number of aromatic nitrogens is 2. The topological polar surface area (TPSA) is 47.0 Å². The van der Waals surface area contributed by atoms with Crippen molar-refractivity contribution in [3.05, 3.63) is 65.4 Å². The molecular weight excluding hydrogens is 334 g/mol. The maximum absolute atomic E-state index is 6.20. The van der Waals surface area contributed by atoms with Crippen LogP contribution in [0.25, 0.3) is 21.7 Å². The lowest BCUT2D eigenvalue weighted by molar-refractivity contribution is 0.415. The van der Waals surface area contributed by atoms with E-state index in [2.05, 4.69) is 16.4 Å². The summed E-state index contributed by atoms with van der Waals surface area (Å²) in [7, 11) is 1.65. The van der Waals surface area contributed by atoms with E-state index in [1.807, 2.05) is 55.5 Å². The number of nitrogens with one attached hydrogen (secondary N) is 1. The van der Waals surface area contributed by atoms with Gasteiger partial charge in [0.05, 0.1) is 18.3 Å². The molecule has 0 aliphatic carbocycles. The van der Waals surface area contributed by atoms with Crippen molar-refractivity contribution in [3.8, 4) is 5.75 Å². The molecule has 124 valence electrons. The van der Waals surface area contributed by atoms with E-state index in [-0.39, 0.29) is 0 Å². The highest BCUT2D eigenvalue weighted by Crippen LogP contribution is 2.34. The minimum absolute atomic E-state index is 0.483. The van der Waals surface area contributed by atoms with Crippen LogP contribution in [0.15, 0.2) is 54.6 Å².